The molecule has 1 aromatic carbocycles. The second kappa shape index (κ2) is 6.79. The minimum Gasteiger partial charge on any atom is -0.508 e. The molecular weight excluding hydrogens is 222 g/mol. The minimum atomic E-state index is 0.401. The topological polar surface area (TPSA) is 32.3 Å². The predicted octanol–water partition coefficient (Wildman–Crippen LogP) is 3.84. The average Bonchev–Trinajstić information content (AvgIpc) is 2.66. The molecule has 2 N–H and O–H groups in total. The molecule has 2 heteroatoms. The molecule has 1 saturated carbocycles. The van der Waals surface area contributed by atoms with Gasteiger partial charge in [-0.3, -0.25) is 0 Å². The summed E-state index contributed by atoms with van der Waals surface area (Å²) in [4.78, 5) is 0. The van der Waals surface area contributed by atoms with Crippen LogP contribution in [-0.2, 0) is 6.54 Å². The first-order valence-corrected chi connectivity index (χ1v) is 7.27. The molecule has 1 aromatic rings. The smallest absolute Gasteiger partial charge is 0.120 e. The highest BCUT2D eigenvalue weighted by Gasteiger charge is 2.18. The van der Waals surface area contributed by atoms with Crippen molar-refractivity contribution in [3.8, 4) is 5.75 Å². The summed E-state index contributed by atoms with van der Waals surface area (Å²) < 4.78 is 0. The summed E-state index contributed by atoms with van der Waals surface area (Å²) in [5.74, 6) is 1.21. The Balaban J connectivity index is 1.83. The molecule has 1 fully saturated rings. The molecule has 0 spiro atoms. The van der Waals surface area contributed by atoms with Crippen LogP contribution in [0.5, 0.6) is 5.75 Å². The number of phenolic OH excluding ortho intramolecular Hbond substituents is 1. The Morgan fingerprint density at radius 3 is 2.50 bits per heavy atom. The van der Waals surface area contributed by atoms with Gasteiger partial charge in [0, 0.05) is 18.2 Å². The third kappa shape index (κ3) is 3.74. The lowest BCUT2D eigenvalue weighted by Gasteiger charge is -2.23. The van der Waals surface area contributed by atoms with Gasteiger partial charge in [-0.1, -0.05) is 43.9 Å². The van der Waals surface area contributed by atoms with E-state index in [2.05, 4.69) is 12.2 Å². The van der Waals surface area contributed by atoms with Crippen molar-refractivity contribution >= 4 is 0 Å². The molecule has 0 saturated heterocycles. The molecule has 100 valence electrons. The highest BCUT2D eigenvalue weighted by atomic mass is 16.3. The molecular formula is C16H25NO. The maximum absolute atomic E-state index is 9.74. The van der Waals surface area contributed by atoms with Crippen molar-refractivity contribution < 1.29 is 5.11 Å². The van der Waals surface area contributed by atoms with Crippen molar-refractivity contribution in [2.24, 2.45) is 5.92 Å². The molecule has 0 aromatic heterocycles. The largest absolute Gasteiger partial charge is 0.508 e. The standard InChI is InChI=1S/C16H25NO/c1-13(14-8-4-2-3-5-9-14)17-12-15-10-6-7-11-16(15)18/h6-7,10-11,13-14,17-18H,2-5,8-9,12H2,1H3/t13-/m1/s1. The molecule has 1 atom stereocenters. The zero-order valence-corrected chi connectivity index (χ0v) is 11.4. The normalized spacial score (nSPS) is 19.4. The second-order valence-corrected chi connectivity index (χ2v) is 5.55. The van der Waals surface area contributed by atoms with Crippen LogP contribution in [0.1, 0.15) is 51.0 Å². The number of rotatable bonds is 4. The fraction of sp³-hybridized carbons (Fsp3) is 0.625. The van der Waals surface area contributed by atoms with Crippen molar-refractivity contribution in [3.63, 3.8) is 0 Å². The first-order chi connectivity index (χ1) is 8.77. The maximum atomic E-state index is 9.74. The Labute approximate surface area is 110 Å². The van der Waals surface area contributed by atoms with Crippen molar-refractivity contribution in [2.75, 3.05) is 0 Å². The molecule has 0 amide bonds. The van der Waals surface area contributed by atoms with Crippen LogP contribution in [0.15, 0.2) is 24.3 Å². The van der Waals surface area contributed by atoms with Gasteiger partial charge in [0.25, 0.3) is 0 Å². The molecule has 0 radical (unpaired) electrons. The molecule has 18 heavy (non-hydrogen) atoms. The third-order valence-electron chi connectivity index (χ3n) is 4.21. The fourth-order valence-electron chi connectivity index (χ4n) is 2.91. The van der Waals surface area contributed by atoms with E-state index < -0.39 is 0 Å². The van der Waals surface area contributed by atoms with Crippen molar-refractivity contribution in [1.82, 2.24) is 5.32 Å². The Kier molecular flexibility index (Phi) is 5.06. The molecule has 0 bridgehead atoms. The first-order valence-electron chi connectivity index (χ1n) is 7.27. The highest BCUT2D eigenvalue weighted by molar-refractivity contribution is 5.31. The lowest BCUT2D eigenvalue weighted by Crippen LogP contribution is -2.32. The van der Waals surface area contributed by atoms with Crippen LogP contribution in [0.2, 0.25) is 0 Å². The van der Waals surface area contributed by atoms with E-state index in [4.69, 9.17) is 0 Å². The molecule has 2 rings (SSSR count). The Bertz CT molecular complexity index is 356. The number of phenols is 1. The van der Waals surface area contributed by atoms with E-state index in [1.54, 1.807) is 6.07 Å². The summed E-state index contributed by atoms with van der Waals surface area (Å²) in [5.41, 5.74) is 0.998. The van der Waals surface area contributed by atoms with Gasteiger partial charge in [0.05, 0.1) is 0 Å². The van der Waals surface area contributed by atoms with Crippen LogP contribution in [0.25, 0.3) is 0 Å². The Morgan fingerprint density at radius 1 is 1.17 bits per heavy atom. The number of benzene rings is 1. The van der Waals surface area contributed by atoms with E-state index in [9.17, 15) is 5.11 Å². The van der Waals surface area contributed by atoms with Gasteiger partial charge in [0.1, 0.15) is 5.75 Å². The average molecular weight is 247 g/mol. The Morgan fingerprint density at radius 2 is 1.83 bits per heavy atom. The van der Waals surface area contributed by atoms with Gasteiger partial charge in [-0.15, -0.1) is 0 Å². The van der Waals surface area contributed by atoms with Crippen LogP contribution in [-0.4, -0.2) is 11.1 Å². The minimum absolute atomic E-state index is 0.401. The van der Waals surface area contributed by atoms with Gasteiger partial charge in [-0.25, -0.2) is 0 Å². The van der Waals surface area contributed by atoms with Gasteiger partial charge >= 0.3 is 0 Å². The summed E-state index contributed by atoms with van der Waals surface area (Å²) in [7, 11) is 0. The van der Waals surface area contributed by atoms with E-state index in [1.165, 1.54) is 38.5 Å². The number of para-hydroxylation sites is 1. The molecule has 1 aliphatic carbocycles. The SMILES string of the molecule is C[C@@H](NCc1ccccc1O)C1CCCCCC1. The molecule has 2 nitrogen and oxygen atoms in total. The Hall–Kier alpha value is -1.02. The zero-order chi connectivity index (χ0) is 12.8. The molecule has 0 aliphatic heterocycles. The van der Waals surface area contributed by atoms with Crippen molar-refractivity contribution in [3.05, 3.63) is 29.8 Å². The van der Waals surface area contributed by atoms with Crippen LogP contribution in [0, 0.1) is 5.92 Å². The van der Waals surface area contributed by atoms with Crippen LogP contribution >= 0.6 is 0 Å². The summed E-state index contributed by atoms with van der Waals surface area (Å²) in [6.45, 7) is 3.06. The maximum Gasteiger partial charge on any atom is 0.120 e. The van der Waals surface area contributed by atoms with Crippen LogP contribution in [0.3, 0.4) is 0 Å². The van der Waals surface area contributed by atoms with Gasteiger partial charge in [0.15, 0.2) is 0 Å². The lowest BCUT2D eigenvalue weighted by molar-refractivity contribution is 0.334. The predicted molar refractivity (Wildman–Crippen MR) is 75.6 cm³/mol. The highest BCUT2D eigenvalue weighted by Crippen LogP contribution is 2.26. The zero-order valence-electron chi connectivity index (χ0n) is 11.4. The van der Waals surface area contributed by atoms with Crippen molar-refractivity contribution in [1.29, 1.82) is 0 Å². The number of nitrogens with one attached hydrogen (secondary N) is 1. The van der Waals surface area contributed by atoms with E-state index >= 15 is 0 Å². The quantitative estimate of drug-likeness (QED) is 0.792. The molecule has 0 heterocycles. The number of hydrogen-bond acceptors (Lipinski definition) is 2. The summed E-state index contributed by atoms with van der Waals surface area (Å²) in [6.07, 6.45) is 8.29. The van der Waals surface area contributed by atoms with Crippen LogP contribution < -0.4 is 5.32 Å². The van der Waals surface area contributed by atoms with Crippen molar-refractivity contribution in [2.45, 2.75) is 58.0 Å². The number of hydrogen-bond donors (Lipinski definition) is 2. The van der Waals surface area contributed by atoms with Crippen LogP contribution in [0.4, 0.5) is 0 Å². The summed E-state index contributed by atoms with van der Waals surface area (Å²) in [6, 6.07) is 8.14. The third-order valence-corrected chi connectivity index (χ3v) is 4.21. The lowest BCUT2D eigenvalue weighted by atomic mass is 9.93. The monoisotopic (exact) mass is 247 g/mol. The van der Waals surface area contributed by atoms with E-state index in [-0.39, 0.29) is 0 Å². The summed E-state index contributed by atoms with van der Waals surface area (Å²) in [5, 5.41) is 13.3. The van der Waals surface area contributed by atoms with E-state index in [1.807, 2.05) is 18.2 Å². The molecule has 0 unspecified atom stereocenters. The van der Waals surface area contributed by atoms with E-state index in [0.717, 1.165) is 18.0 Å². The second-order valence-electron chi connectivity index (χ2n) is 5.55. The van der Waals surface area contributed by atoms with Gasteiger partial charge in [0.2, 0.25) is 0 Å². The first kappa shape index (κ1) is 13.4. The number of aromatic hydroxyl groups is 1. The summed E-state index contributed by atoms with van der Waals surface area (Å²) >= 11 is 0. The van der Waals surface area contributed by atoms with Gasteiger partial charge in [-0.05, 0) is 31.7 Å². The van der Waals surface area contributed by atoms with E-state index in [0.29, 0.717) is 11.8 Å². The van der Waals surface area contributed by atoms with Gasteiger partial charge < -0.3 is 10.4 Å². The van der Waals surface area contributed by atoms with Gasteiger partial charge in [-0.2, -0.15) is 0 Å². The fourth-order valence-corrected chi connectivity index (χ4v) is 2.91. The molecule has 1 aliphatic rings.